The fraction of sp³-hybridized carbons (Fsp3) is 0.150. The molecule has 1 N–H and O–H groups in total. The fourth-order valence-corrected chi connectivity index (χ4v) is 3.12. The molecule has 0 bridgehead atoms. The number of hydrogen-bond acceptors (Lipinski definition) is 3. The number of amides is 1. The zero-order valence-electron chi connectivity index (χ0n) is 14.5. The third-order valence-electron chi connectivity index (χ3n) is 4.25. The maximum absolute atomic E-state index is 12.2. The second kappa shape index (κ2) is 7.63. The molecule has 2 aromatic carbocycles. The molecule has 0 spiro atoms. The first-order valence-corrected chi connectivity index (χ1v) is 9.03. The molecule has 0 atom stereocenters. The summed E-state index contributed by atoms with van der Waals surface area (Å²) in [5.41, 5.74) is 2.11. The Bertz CT molecular complexity index is 1070. The van der Waals surface area contributed by atoms with Crippen LogP contribution in [0.1, 0.15) is 12.0 Å². The molecule has 1 amide bonds. The number of hydrogen-bond donors (Lipinski definition) is 1. The summed E-state index contributed by atoms with van der Waals surface area (Å²) in [6, 6.07) is 17.4. The molecule has 0 aliphatic rings. The van der Waals surface area contributed by atoms with Crippen LogP contribution in [0, 0.1) is 0 Å². The van der Waals surface area contributed by atoms with Gasteiger partial charge in [-0.3, -0.25) is 14.2 Å². The van der Waals surface area contributed by atoms with E-state index in [4.69, 9.17) is 11.6 Å². The quantitative estimate of drug-likeness (QED) is 0.551. The molecule has 0 radical (unpaired) electrons. The van der Waals surface area contributed by atoms with Gasteiger partial charge in [-0.05, 0) is 23.8 Å². The second-order valence-corrected chi connectivity index (χ2v) is 6.69. The number of anilines is 1. The first-order chi connectivity index (χ1) is 13.2. The smallest absolute Gasteiger partial charge is 0.227 e. The van der Waals surface area contributed by atoms with Gasteiger partial charge in [0.2, 0.25) is 5.91 Å². The van der Waals surface area contributed by atoms with E-state index >= 15 is 0 Å². The summed E-state index contributed by atoms with van der Waals surface area (Å²) >= 11 is 5.99. The highest BCUT2D eigenvalue weighted by Crippen LogP contribution is 2.19. The highest BCUT2D eigenvalue weighted by molar-refractivity contribution is 6.31. The molecule has 0 fully saturated rings. The third kappa shape index (κ3) is 4.17. The Balaban J connectivity index is 1.34. The van der Waals surface area contributed by atoms with Gasteiger partial charge in [0.1, 0.15) is 0 Å². The van der Waals surface area contributed by atoms with Crippen molar-refractivity contribution in [2.24, 2.45) is 0 Å². The van der Waals surface area contributed by atoms with Crippen molar-refractivity contribution < 1.29 is 4.79 Å². The molecular formula is C20H18ClN5O. The molecule has 27 heavy (non-hydrogen) atoms. The lowest BCUT2D eigenvalue weighted by Crippen LogP contribution is -2.15. The molecule has 136 valence electrons. The molecular weight excluding hydrogens is 362 g/mol. The lowest BCUT2D eigenvalue weighted by molar-refractivity contribution is -0.116. The van der Waals surface area contributed by atoms with Crippen molar-refractivity contribution in [3.8, 4) is 0 Å². The Morgan fingerprint density at radius 1 is 1.11 bits per heavy atom. The Kier molecular flexibility index (Phi) is 4.89. The standard InChI is InChI=1S/C20H18ClN5O/c21-17-6-7-18-16(12-17)13-22-26(18)11-9-20(27)23-19-8-10-25(24-19)14-15-4-2-1-3-5-15/h1-8,10,12-13H,9,11,14H2,(H,23,24,27). The molecule has 2 aromatic heterocycles. The highest BCUT2D eigenvalue weighted by atomic mass is 35.5. The lowest BCUT2D eigenvalue weighted by atomic mass is 10.2. The number of nitrogens with one attached hydrogen (secondary N) is 1. The van der Waals surface area contributed by atoms with Crippen molar-refractivity contribution in [3.63, 3.8) is 0 Å². The van der Waals surface area contributed by atoms with E-state index in [0.717, 1.165) is 16.5 Å². The molecule has 7 heteroatoms. The van der Waals surface area contributed by atoms with Crippen LogP contribution in [0.4, 0.5) is 5.82 Å². The zero-order valence-corrected chi connectivity index (χ0v) is 15.3. The Labute approximate surface area is 161 Å². The van der Waals surface area contributed by atoms with Gasteiger partial charge in [-0.2, -0.15) is 10.2 Å². The SMILES string of the molecule is O=C(CCn1ncc2cc(Cl)ccc21)Nc1ccn(Cc2ccccc2)n1. The summed E-state index contributed by atoms with van der Waals surface area (Å²) in [6.45, 7) is 1.15. The monoisotopic (exact) mass is 379 g/mol. The van der Waals surface area contributed by atoms with Gasteiger partial charge in [0, 0.05) is 29.1 Å². The van der Waals surface area contributed by atoms with Crippen LogP contribution >= 0.6 is 11.6 Å². The van der Waals surface area contributed by atoms with Gasteiger partial charge in [0.15, 0.2) is 5.82 Å². The predicted octanol–water partition coefficient (Wildman–Crippen LogP) is 3.96. The van der Waals surface area contributed by atoms with Crippen molar-refractivity contribution in [3.05, 3.63) is 77.6 Å². The number of benzene rings is 2. The van der Waals surface area contributed by atoms with E-state index in [1.165, 1.54) is 0 Å². The number of fused-ring (bicyclic) bond motifs is 1. The van der Waals surface area contributed by atoms with E-state index in [-0.39, 0.29) is 5.91 Å². The van der Waals surface area contributed by atoms with Crippen LogP contribution in [-0.2, 0) is 17.9 Å². The van der Waals surface area contributed by atoms with Crippen molar-refractivity contribution >= 4 is 34.2 Å². The van der Waals surface area contributed by atoms with Gasteiger partial charge in [-0.1, -0.05) is 41.9 Å². The molecule has 0 saturated heterocycles. The molecule has 4 aromatic rings. The molecule has 0 saturated carbocycles. The minimum Gasteiger partial charge on any atom is -0.309 e. The van der Waals surface area contributed by atoms with Crippen molar-refractivity contribution in [2.75, 3.05) is 5.32 Å². The number of aromatic nitrogens is 4. The number of carbonyl (C=O) groups excluding carboxylic acids is 1. The summed E-state index contributed by atoms with van der Waals surface area (Å²) in [5.74, 6) is 0.450. The molecule has 2 heterocycles. The molecule has 0 aliphatic carbocycles. The topological polar surface area (TPSA) is 64.7 Å². The van der Waals surface area contributed by atoms with Gasteiger partial charge in [0.05, 0.1) is 24.8 Å². The van der Waals surface area contributed by atoms with Gasteiger partial charge in [-0.15, -0.1) is 0 Å². The third-order valence-corrected chi connectivity index (χ3v) is 4.49. The van der Waals surface area contributed by atoms with Crippen LogP contribution in [0.3, 0.4) is 0 Å². The molecule has 0 unspecified atom stereocenters. The van der Waals surface area contributed by atoms with E-state index in [9.17, 15) is 4.79 Å². The molecule has 4 rings (SSSR count). The Morgan fingerprint density at radius 3 is 2.81 bits per heavy atom. The fourth-order valence-electron chi connectivity index (χ4n) is 2.94. The number of halogens is 1. The summed E-state index contributed by atoms with van der Waals surface area (Å²) in [7, 11) is 0. The van der Waals surface area contributed by atoms with Gasteiger partial charge < -0.3 is 5.32 Å². The van der Waals surface area contributed by atoms with Gasteiger partial charge in [0.25, 0.3) is 0 Å². The van der Waals surface area contributed by atoms with E-state index in [1.807, 2.05) is 54.7 Å². The highest BCUT2D eigenvalue weighted by Gasteiger charge is 2.08. The van der Waals surface area contributed by atoms with Crippen LogP contribution in [0.5, 0.6) is 0 Å². The van der Waals surface area contributed by atoms with E-state index in [0.29, 0.717) is 30.4 Å². The Morgan fingerprint density at radius 2 is 1.96 bits per heavy atom. The van der Waals surface area contributed by atoms with Crippen LogP contribution in [-0.4, -0.2) is 25.5 Å². The largest absolute Gasteiger partial charge is 0.309 e. The first-order valence-electron chi connectivity index (χ1n) is 8.66. The van der Waals surface area contributed by atoms with E-state index in [2.05, 4.69) is 15.5 Å². The normalized spacial score (nSPS) is 11.0. The number of rotatable bonds is 6. The summed E-state index contributed by atoms with van der Waals surface area (Å²) in [4.78, 5) is 12.2. The van der Waals surface area contributed by atoms with Crippen LogP contribution in [0.15, 0.2) is 67.0 Å². The lowest BCUT2D eigenvalue weighted by Gasteiger charge is -2.05. The van der Waals surface area contributed by atoms with Gasteiger partial charge >= 0.3 is 0 Å². The van der Waals surface area contributed by atoms with E-state index in [1.54, 1.807) is 21.6 Å². The number of aryl methyl sites for hydroxylation is 1. The van der Waals surface area contributed by atoms with Gasteiger partial charge in [-0.25, -0.2) is 0 Å². The maximum Gasteiger partial charge on any atom is 0.227 e. The second-order valence-electron chi connectivity index (χ2n) is 6.25. The number of nitrogens with zero attached hydrogens (tertiary/aromatic N) is 4. The van der Waals surface area contributed by atoms with Crippen molar-refractivity contribution in [2.45, 2.75) is 19.5 Å². The minimum atomic E-state index is -0.0995. The molecule has 0 aliphatic heterocycles. The summed E-state index contributed by atoms with van der Waals surface area (Å²) in [5, 5.41) is 13.2. The average Bonchev–Trinajstić information content (AvgIpc) is 3.27. The molecule has 6 nitrogen and oxygen atoms in total. The summed E-state index contributed by atoms with van der Waals surface area (Å²) in [6.07, 6.45) is 3.92. The van der Waals surface area contributed by atoms with E-state index < -0.39 is 0 Å². The number of carbonyl (C=O) groups is 1. The van der Waals surface area contributed by atoms with Crippen LogP contribution in [0.25, 0.3) is 10.9 Å². The summed E-state index contributed by atoms with van der Waals surface area (Å²) < 4.78 is 3.61. The van der Waals surface area contributed by atoms with Crippen molar-refractivity contribution in [1.29, 1.82) is 0 Å². The maximum atomic E-state index is 12.2. The van der Waals surface area contributed by atoms with Crippen LogP contribution in [0.2, 0.25) is 5.02 Å². The van der Waals surface area contributed by atoms with Crippen molar-refractivity contribution in [1.82, 2.24) is 19.6 Å². The first kappa shape index (κ1) is 17.3. The average molecular weight is 380 g/mol. The zero-order chi connectivity index (χ0) is 18.6. The Hall–Kier alpha value is -3.12. The minimum absolute atomic E-state index is 0.0995. The predicted molar refractivity (Wildman–Crippen MR) is 106 cm³/mol. The van der Waals surface area contributed by atoms with Crippen LogP contribution < -0.4 is 5.32 Å².